The van der Waals surface area contributed by atoms with Crippen LogP contribution in [0.4, 0.5) is 10.3 Å². The van der Waals surface area contributed by atoms with Crippen molar-refractivity contribution in [3.63, 3.8) is 0 Å². The highest BCUT2D eigenvalue weighted by Crippen LogP contribution is 2.36. The van der Waals surface area contributed by atoms with Gasteiger partial charge in [-0.2, -0.15) is 0 Å². The Balaban J connectivity index is 1.65. The summed E-state index contributed by atoms with van der Waals surface area (Å²) in [5.41, 5.74) is 2.10. The first kappa shape index (κ1) is 20.8. The van der Waals surface area contributed by atoms with Crippen LogP contribution in [0.15, 0.2) is 30.5 Å². The van der Waals surface area contributed by atoms with E-state index < -0.39 is 0 Å². The maximum absolute atomic E-state index is 14.6. The fourth-order valence-electron chi connectivity index (χ4n) is 4.81. The van der Waals surface area contributed by atoms with Gasteiger partial charge in [0.05, 0.1) is 5.69 Å². The molecule has 1 aromatic heterocycles. The van der Waals surface area contributed by atoms with Crippen molar-refractivity contribution in [2.75, 3.05) is 32.1 Å². The van der Waals surface area contributed by atoms with E-state index >= 15 is 0 Å². The Hall–Kier alpha value is -2.50. The van der Waals surface area contributed by atoms with Crippen LogP contribution >= 0.6 is 0 Å². The van der Waals surface area contributed by atoms with Crippen LogP contribution in [0.2, 0.25) is 0 Å². The lowest BCUT2D eigenvalue weighted by atomic mass is 9.86. The Kier molecular flexibility index (Phi) is 6.30. The smallest absolute Gasteiger partial charge is 0.225 e. The molecule has 1 aromatic carbocycles. The molecule has 1 saturated carbocycles. The molecule has 0 spiro atoms. The molecule has 1 aliphatic heterocycles. The highest BCUT2D eigenvalue weighted by Gasteiger charge is 2.32. The first-order chi connectivity index (χ1) is 14.5. The molecule has 1 saturated heterocycles. The lowest BCUT2D eigenvalue weighted by molar-refractivity contribution is -0.137. The number of rotatable bonds is 4. The van der Waals surface area contributed by atoms with Crippen LogP contribution in [0.1, 0.15) is 56.6 Å². The van der Waals surface area contributed by atoms with Crippen molar-refractivity contribution in [3.05, 3.63) is 42.0 Å². The minimum absolute atomic E-state index is 0.0857. The van der Waals surface area contributed by atoms with Gasteiger partial charge in [-0.25, -0.2) is 14.4 Å². The normalized spacial score (nSPS) is 20.2. The molecular formula is C24H31FN4O. The molecule has 1 aliphatic carbocycles. The quantitative estimate of drug-likeness (QED) is 0.737. The Morgan fingerprint density at radius 2 is 1.83 bits per heavy atom. The second-order valence-electron chi connectivity index (χ2n) is 8.80. The number of anilines is 1. The molecule has 6 heteroatoms. The van der Waals surface area contributed by atoms with E-state index in [2.05, 4.69) is 4.98 Å². The molecular weight excluding hydrogens is 379 g/mol. The zero-order chi connectivity index (χ0) is 21.1. The second-order valence-corrected chi connectivity index (χ2v) is 8.80. The van der Waals surface area contributed by atoms with Crippen molar-refractivity contribution in [2.24, 2.45) is 5.92 Å². The molecule has 30 heavy (non-hydrogen) atoms. The summed E-state index contributed by atoms with van der Waals surface area (Å²) < 4.78 is 14.6. The molecule has 0 radical (unpaired) electrons. The molecule has 2 aliphatic rings. The summed E-state index contributed by atoms with van der Waals surface area (Å²) in [5, 5.41) is 0. The van der Waals surface area contributed by atoms with Crippen LogP contribution in [-0.4, -0.2) is 48.0 Å². The van der Waals surface area contributed by atoms with Crippen molar-refractivity contribution >= 4 is 11.9 Å². The van der Waals surface area contributed by atoms with Crippen molar-refractivity contribution in [2.45, 2.75) is 50.9 Å². The van der Waals surface area contributed by atoms with E-state index in [0.29, 0.717) is 24.0 Å². The van der Waals surface area contributed by atoms with Gasteiger partial charge in [-0.15, -0.1) is 0 Å². The van der Waals surface area contributed by atoms with Crippen LogP contribution in [0.5, 0.6) is 0 Å². The van der Waals surface area contributed by atoms with E-state index in [9.17, 15) is 9.18 Å². The summed E-state index contributed by atoms with van der Waals surface area (Å²) in [7, 11) is 3.81. The highest BCUT2D eigenvalue weighted by molar-refractivity contribution is 5.79. The van der Waals surface area contributed by atoms with Gasteiger partial charge in [0.25, 0.3) is 0 Å². The third kappa shape index (κ3) is 4.32. The summed E-state index contributed by atoms with van der Waals surface area (Å²) in [4.78, 5) is 26.3. The number of hydrogen-bond acceptors (Lipinski definition) is 4. The van der Waals surface area contributed by atoms with Crippen LogP contribution in [0.3, 0.4) is 0 Å². The van der Waals surface area contributed by atoms with Crippen molar-refractivity contribution in [1.82, 2.24) is 14.9 Å². The molecule has 5 nitrogen and oxygen atoms in total. The lowest BCUT2D eigenvalue weighted by Crippen LogP contribution is -2.43. The van der Waals surface area contributed by atoms with Crippen LogP contribution in [0.25, 0.3) is 11.1 Å². The average molecular weight is 411 g/mol. The lowest BCUT2D eigenvalue weighted by Gasteiger charge is -2.36. The maximum atomic E-state index is 14.6. The fourth-order valence-corrected chi connectivity index (χ4v) is 4.81. The molecule has 0 N–H and O–H groups in total. The predicted molar refractivity (Wildman–Crippen MR) is 117 cm³/mol. The Morgan fingerprint density at radius 3 is 2.57 bits per heavy atom. The molecule has 2 heterocycles. The standard InChI is InChI=1S/C24H31FN4O/c1-28(2)24-26-15-20(19-12-6-7-13-21(19)25)22(27-24)18-11-8-14-29(16-18)23(30)17-9-4-3-5-10-17/h6-7,12-13,15,17-18H,3-5,8-11,14,16H2,1-2H3/t18-/m0/s1. The topological polar surface area (TPSA) is 49.3 Å². The van der Waals surface area contributed by atoms with E-state index in [1.54, 1.807) is 18.3 Å². The molecule has 4 rings (SSSR count). The molecule has 2 fully saturated rings. The number of carbonyl (C=O) groups is 1. The fraction of sp³-hybridized carbons (Fsp3) is 0.542. The van der Waals surface area contributed by atoms with Gasteiger partial charge in [-0.05, 0) is 31.7 Å². The molecule has 160 valence electrons. The van der Waals surface area contributed by atoms with Gasteiger partial charge in [-0.1, -0.05) is 37.5 Å². The minimum Gasteiger partial charge on any atom is -0.347 e. The number of amides is 1. The number of benzene rings is 1. The number of nitrogens with zero attached hydrogens (tertiary/aromatic N) is 4. The third-order valence-electron chi connectivity index (χ3n) is 6.44. The zero-order valence-corrected chi connectivity index (χ0v) is 18.0. The minimum atomic E-state index is -0.272. The van der Waals surface area contributed by atoms with Gasteiger partial charge < -0.3 is 9.80 Å². The number of likely N-dealkylation sites (tertiary alicyclic amines) is 1. The van der Waals surface area contributed by atoms with Crippen molar-refractivity contribution in [3.8, 4) is 11.1 Å². The van der Waals surface area contributed by atoms with Gasteiger partial charge in [-0.3, -0.25) is 4.79 Å². The largest absolute Gasteiger partial charge is 0.347 e. The van der Waals surface area contributed by atoms with Gasteiger partial charge >= 0.3 is 0 Å². The van der Waals surface area contributed by atoms with Crippen LogP contribution < -0.4 is 4.90 Å². The van der Waals surface area contributed by atoms with Crippen LogP contribution in [-0.2, 0) is 4.79 Å². The third-order valence-corrected chi connectivity index (χ3v) is 6.44. The first-order valence-corrected chi connectivity index (χ1v) is 11.1. The maximum Gasteiger partial charge on any atom is 0.225 e. The number of halogens is 1. The van der Waals surface area contributed by atoms with Crippen LogP contribution in [0, 0.1) is 11.7 Å². The summed E-state index contributed by atoms with van der Waals surface area (Å²) in [6, 6.07) is 6.78. The van der Waals surface area contributed by atoms with Gasteiger partial charge in [0.15, 0.2) is 0 Å². The Bertz CT molecular complexity index is 895. The first-order valence-electron chi connectivity index (χ1n) is 11.1. The Labute approximate surface area is 178 Å². The van der Waals surface area contributed by atoms with Crippen molar-refractivity contribution < 1.29 is 9.18 Å². The monoisotopic (exact) mass is 410 g/mol. The molecule has 0 bridgehead atoms. The number of aromatic nitrogens is 2. The molecule has 1 atom stereocenters. The Morgan fingerprint density at radius 1 is 1.07 bits per heavy atom. The molecule has 0 unspecified atom stereocenters. The predicted octanol–water partition coefficient (Wildman–Crippen LogP) is 4.64. The highest BCUT2D eigenvalue weighted by atomic mass is 19.1. The van der Waals surface area contributed by atoms with Gasteiger partial charge in [0.2, 0.25) is 11.9 Å². The SMILES string of the molecule is CN(C)c1ncc(-c2ccccc2F)c([C@H]2CCCN(C(=O)C3CCCCC3)C2)n1. The van der Waals surface area contributed by atoms with Gasteiger partial charge in [0.1, 0.15) is 5.82 Å². The van der Waals surface area contributed by atoms with E-state index in [4.69, 9.17) is 4.98 Å². The van der Waals surface area contributed by atoms with E-state index in [0.717, 1.165) is 56.3 Å². The van der Waals surface area contributed by atoms with Crippen molar-refractivity contribution in [1.29, 1.82) is 0 Å². The van der Waals surface area contributed by atoms with Gasteiger partial charge in [0, 0.05) is 56.3 Å². The molecule has 2 aromatic rings. The average Bonchev–Trinajstić information content (AvgIpc) is 2.79. The second kappa shape index (κ2) is 9.11. The number of piperidine rings is 1. The van der Waals surface area contributed by atoms with E-state index in [1.165, 1.54) is 12.5 Å². The summed E-state index contributed by atoms with van der Waals surface area (Å²) in [6.07, 6.45) is 9.20. The van der Waals surface area contributed by atoms with E-state index in [1.807, 2.05) is 30.0 Å². The summed E-state index contributed by atoms with van der Waals surface area (Å²) in [6.45, 7) is 1.47. The molecule has 1 amide bonds. The zero-order valence-electron chi connectivity index (χ0n) is 18.0. The summed E-state index contributed by atoms with van der Waals surface area (Å²) >= 11 is 0. The summed E-state index contributed by atoms with van der Waals surface area (Å²) in [5.74, 6) is 0.898. The number of hydrogen-bond donors (Lipinski definition) is 0. The van der Waals surface area contributed by atoms with E-state index in [-0.39, 0.29) is 17.7 Å². The number of carbonyl (C=O) groups excluding carboxylic acids is 1.